The second-order valence-corrected chi connectivity index (χ2v) is 14.1. The van der Waals surface area contributed by atoms with Crippen LogP contribution in [0.25, 0.3) is 22.3 Å². The molecule has 0 atom stereocenters. The molecular weight excluding hydrogens is 747 g/mol. The molecule has 2 amide bonds. The monoisotopic (exact) mass is 792 g/mol. The molecule has 4 aromatic carbocycles. The average Bonchev–Trinajstić information content (AvgIpc) is 3.87. The Kier molecular flexibility index (Phi) is 13.9. The molecule has 0 radical (unpaired) electrons. The standard InChI is InChI=1S/C22H23FN4O3.C21H23FN4O2/c1-14(2)27(21(28)20-24-13-26(3)25-20)12-15-8-9-19(23)18(10-15)16-6-5-7-17(11-16)22(29)30-4;1-14(2)26(21(28)20-23-13-25(3)24-20)11-15-7-8-19(22)18(10-15)17-6-4-5-16(9-17)12-27/h5-11,13-14H,12H2,1-4H3;4-10,13-14,27H,11-12H2,1-3H3. The van der Waals surface area contributed by atoms with E-state index < -0.39 is 11.8 Å². The lowest BCUT2D eigenvalue weighted by atomic mass is 10.00. The molecule has 58 heavy (non-hydrogen) atoms. The molecule has 0 aliphatic heterocycles. The molecule has 302 valence electrons. The lowest BCUT2D eigenvalue weighted by Crippen LogP contribution is -2.37. The SMILES string of the molecule is CC(C)N(Cc1ccc(F)c(-c2cccc(CO)c2)c1)C(=O)c1ncn(C)n1.COC(=O)c1cccc(-c2cc(CN(C(=O)c3ncn(C)n3)C(C)C)ccc2F)c1. The van der Waals surface area contributed by atoms with E-state index in [1.165, 1.54) is 41.3 Å². The van der Waals surface area contributed by atoms with Crippen molar-refractivity contribution >= 4 is 17.8 Å². The first-order valence-corrected chi connectivity index (χ1v) is 18.5. The van der Waals surface area contributed by atoms with Crippen molar-refractivity contribution in [1.29, 1.82) is 0 Å². The zero-order valence-electron chi connectivity index (χ0n) is 33.4. The Bertz CT molecular complexity index is 2390. The first-order chi connectivity index (χ1) is 27.7. The summed E-state index contributed by atoms with van der Waals surface area (Å²) in [6, 6.07) is 23.0. The maximum Gasteiger partial charge on any atom is 0.337 e. The van der Waals surface area contributed by atoms with E-state index in [4.69, 9.17) is 4.74 Å². The van der Waals surface area contributed by atoms with Gasteiger partial charge in [0.1, 0.15) is 24.3 Å². The van der Waals surface area contributed by atoms with Crippen LogP contribution < -0.4 is 0 Å². The zero-order chi connectivity index (χ0) is 42.1. The number of aromatic nitrogens is 6. The van der Waals surface area contributed by atoms with Crippen molar-refractivity contribution in [3.63, 3.8) is 0 Å². The Morgan fingerprint density at radius 3 is 1.55 bits per heavy atom. The van der Waals surface area contributed by atoms with Crippen LogP contribution in [0.5, 0.6) is 0 Å². The van der Waals surface area contributed by atoms with Crippen molar-refractivity contribution in [1.82, 2.24) is 39.3 Å². The van der Waals surface area contributed by atoms with Crippen molar-refractivity contribution in [2.75, 3.05) is 7.11 Å². The number of halogens is 2. The predicted octanol–water partition coefficient (Wildman–Crippen LogP) is 6.62. The van der Waals surface area contributed by atoms with E-state index in [1.54, 1.807) is 96.7 Å². The Balaban J connectivity index is 0.000000221. The van der Waals surface area contributed by atoms with E-state index >= 15 is 0 Å². The number of hydrogen-bond donors (Lipinski definition) is 1. The summed E-state index contributed by atoms with van der Waals surface area (Å²) >= 11 is 0. The molecule has 0 unspecified atom stereocenters. The van der Waals surface area contributed by atoms with Gasteiger partial charge in [-0.15, -0.1) is 10.2 Å². The van der Waals surface area contributed by atoms with Crippen LogP contribution in [0.15, 0.2) is 97.6 Å². The Morgan fingerprint density at radius 2 is 1.14 bits per heavy atom. The van der Waals surface area contributed by atoms with Gasteiger partial charge < -0.3 is 19.6 Å². The summed E-state index contributed by atoms with van der Waals surface area (Å²) < 4.78 is 36.7. The third-order valence-electron chi connectivity index (χ3n) is 9.13. The molecule has 2 heterocycles. The second-order valence-electron chi connectivity index (χ2n) is 14.1. The third-order valence-corrected chi connectivity index (χ3v) is 9.13. The van der Waals surface area contributed by atoms with Crippen LogP contribution in [0.2, 0.25) is 0 Å². The summed E-state index contributed by atoms with van der Waals surface area (Å²) in [4.78, 5) is 48.8. The summed E-state index contributed by atoms with van der Waals surface area (Å²) in [6.07, 6.45) is 2.95. The van der Waals surface area contributed by atoms with Crippen LogP contribution in [0.1, 0.15) is 76.0 Å². The number of aryl methyl sites for hydroxylation is 2. The van der Waals surface area contributed by atoms with E-state index in [-0.39, 0.29) is 54.5 Å². The van der Waals surface area contributed by atoms with Crippen LogP contribution in [0, 0.1) is 11.6 Å². The number of hydrogen-bond acceptors (Lipinski definition) is 9. The Morgan fingerprint density at radius 1 is 0.672 bits per heavy atom. The molecule has 15 heteroatoms. The van der Waals surface area contributed by atoms with Crippen molar-refractivity contribution in [3.05, 3.63) is 143 Å². The van der Waals surface area contributed by atoms with E-state index in [0.717, 1.165) is 11.1 Å². The summed E-state index contributed by atoms with van der Waals surface area (Å²) in [7, 11) is 4.69. The molecule has 2 aromatic heterocycles. The fourth-order valence-corrected chi connectivity index (χ4v) is 6.06. The second kappa shape index (κ2) is 19.0. The van der Waals surface area contributed by atoms with E-state index in [2.05, 4.69) is 20.2 Å². The molecule has 0 aliphatic rings. The number of amides is 2. The topological polar surface area (TPSA) is 149 Å². The summed E-state index contributed by atoms with van der Waals surface area (Å²) in [5, 5.41) is 17.5. The van der Waals surface area contributed by atoms with Gasteiger partial charge >= 0.3 is 5.97 Å². The highest BCUT2D eigenvalue weighted by Crippen LogP contribution is 2.28. The van der Waals surface area contributed by atoms with Gasteiger partial charge in [-0.25, -0.2) is 23.5 Å². The maximum atomic E-state index is 14.6. The van der Waals surface area contributed by atoms with E-state index in [9.17, 15) is 28.3 Å². The maximum absolute atomic E-state index is 14.6. The van der Waals surface area contributed by atoms with Gasteiger partial charge in [0.15, 0.2) is 0 Å². The van der Waals surface area contributed by atoms with Gasteiger partial charge in [-0.05, 0) is 98.0 Å². The number of methoxy groups -OCH3 is 1. The van der Waals surface area contributed by atoms with E-state index in [0.29, 0.717) is 39.9 Å². The molecular formula is C43H46F2N8O5. The largest absolute Gasteiger partial charge is 0.465 e. The highest BCUT2D eigenvalue weighted by molar-refractivity contribution is 5.92. The Hall–Kier alpha value is -6.61. The fourth-order valence-electron chi connectivity index (χ4n) is 6.06. The van der Waals surface area contributed by atoms with Gasteiger partial charge in [0.25, 0.3) is 11.8 Å². The molecule has 0 spiro atoms. The van der Waals surface area contributed by atoms with Gasteiger partial charge in [0.2, 0.25) is 11.6 Å². The minimum Gasteiger partial charge on any atom is -0.465 e. The van der Waals surface area contributed by atoms with Gasteiger partial charge in [0, 0.05) is 50.4 Å². The zero-order valence-corrected chi connectivity index (χ0v) is 33.4. The molecule has 6 aromatic rings. The lowest BCUT2D eigenvalue weighted by Gasteiger charge is -2.26. The third kappa shape index (κ3) is 10.4. The number of carbonyl (C=O) groups excluding carboxylic acids is 3. The van der Waals surface area contributed by atoms with Gasteiger partial charge in [-0.1, -0.05) is 42.5 Å². The van der Waals surface area contributed by atoms with Gasteiger partial charge in [0.05, 0.1) is 19.3 Å². The molecule has 0 saturated heterocycles. The molecule has 6 rings (SSSR count). The number of rotatable bonds is 12. The van der Waals surface area contributed by atoms with Crippen molar-refractivity contribution in [2.24, 2.45) is 14.1 Å². The van der Waals surface area contributed by atoms with Gasteiger partial charge in [-0.2, -0.15) is 0 Å². The van der Waals surface area contributed by atoms with Crippen molar-refractivity contribution in [3.8, 4) is 22.3 Å². The summed E-state index contributed by atoms with van der Waals surface area (Å²) in [5.74, 6) is -1.60. The number of esters is 1. The summed E-state index contributed by atoms with van der Waals surface area (Å²) in [6.45, 7) is 8.07. The summed E-state index contributed by atoms with van der Waals surface area (Å²) in [5.41, 5.74) is 4.58. The number of ether oxygens (including phenoxy) is 1. The smallest absolute Gasteiger partial charge is 0.337 e. The van der Waals surface area contributed by atoms with Crippen LogP contribution in [-0.4, -0.2) is 81.4 Å². The van der Waals surface area contributed by atoms with Crippen LogP contribution in [-0.2, 0) is 38.5 Å². The van der Waals surface area contributed by atoms with E-state index in [1.807, 2.05) is 27.7 Å². The minimum absolute atomic E-state index is 0.0810. The number of aliphatic hydroxyl groups excluding tert-OH is 1. The van der Waals surface area contributed by atoms with Crippen LogP contribution in [0.4, 0.5) is 8.78 Å². The number of nitrogens with zero attached hydrogens (tertiary/aromatic N) is 8. The Labute approximate surface area is 335 Å². The number of benzene rings is 4. The van der Waals surface area contributed by atoms with Crippen molar-refractivity contribution < 1.29 is 33.0 Å². The first-order valence-electron chi connectivity index (χ1n) is 18.5. The highest BCUT2D eigenvalue weighted by atomic mass is 19.1. The van der Waals surface area contributed by atoms with Gasteiger partial charge in [-0.3, -0.25) is 19.0 Å². The molecule has 0 bridgehead atoms. The number of aliphatic hydroxyl groups is 1. The van der Waals surface area contributed by atoms with Crippen LogP contribution >= 0.6 is 0 Å². The highest BCUT2D eigenvalue weighted by Gasteiger charge is 2.24. The number of carbonyl (C=O) groups is 3. The fraction of sp³-hybridized carbons (Fsp3) is 0.279. The average molecular weight is 793 g/mol. The minimum atomic E-state index is -0.493. The molecule has 1 N–H and O–H groups in total. The lowest BCUT2D eigenvalue weighted by molar-refractivity contribution is 0.0599. The predicted molar refractivity (Wildman–Crippen MR) is 213 cm³/mol. The van der Waals surface area contributed by atoms with Crippen LogP contribution in [0.3, 0.4) is 0 Å². The van der Waals surface area contributed by atoms with Crippen molar-refractivity contribution in [2.45, 2.75) is 59.5 Å². The molecule has 0 fully saturated rings. The first kappa shape index (κ1) is 42.5. The molecule has 0 saturated carbocycles. The normalized spacial score (nSPS) is 11.0. The molecule has 13 nitrogen and oxygen atoms in total. The quantitative estimate of drug-likeness (QED) is 0.135. The molecule has 0 aliphatic carbocycles.